The van der Waals surface area contributed by atoms with Gasteiger partial charge >= 0.3 is 0 Å². The molecular weight excluding hydrogens is 148 g/mol. The lowest BCUT2D eigenvalue weighted by molar-refractivity contribution is 0.614. The SMILES string of the molecule is C=C(CC)S(=O)(=O)Cl. The molecule has 0 aromatic heterocycles. The molecule has 0 bridgehead atoms. The summed E-state index contributed by atoms with van der Waals surface area (Å²) >= 11 is 0. The molecule has 0 radical (unpaired) electrons. The Labute approximate surface area is 53.6 Å². The molecule has 0 aliphatic heterocycles. The minimum Gasteiger partial charge on any atom is -0.207 e. The van der Waals surface area contributed by atoms with Crippen LogP contribution in [0.4, 0.5) is 0 Å². The highest BCUT2D eigenvalue weighted by Gasteiger charge is 2.06. The highest BCUT2D eigenvalue weighted by molar-refractivity contribution is 8.16. The van der Waals surface area contributed by atoms with Crippen molar-refractivity contribution >= 4 is 19.7 Å². The third-order valence-electron chi connectivity index (χ3n) is 0.739. The van der Waals surface area contributed by atoms with Crippen LogP contribution in [0.25, 0.3) is 0 Å². The molecule has 2 nitrogen and oxygen atoms in total. The van der Waals surface area contributed by atoms with E-state index in [-0.39, 0.29) is 4.91 Å². The Morgan fingerprint density at radius 3 is 2.12 bits per heavy atom. The van der Waals surface area contributed by atoms with Crippen molar-refractivity contribution in [3.05, 3.63) is 11.5 Å². The van der Waals surface area contributed by atoms with Gasteiger partial charge in [0, 0.05) is 10.7 Å². The van der Waals surface area contributed by atoms with Gasteiger partial charge in [0.2, 0.25) is 0 Å². The van der Waals surface area contributed by atoms with Crippen LogP contribution in [0.3, 0.4) is 0 Å². The number of hydrogen-bond donors (Lipinski definition) is 0. The first-order valence-corrected chi connectivity index (χ1v) is 4.42. The molecule has 0 spiro atoms. The smallest absolute Gasteiger partial charge is 0.207 e. The maximum Gasteiger partial charge on any atom is 0.256 e. The molecule has 0 saturated carbocycles. The van der Waals surface area contributed by atoms with Crippen LogP contribution < -0.4 is 0 Å². The summed E-state index contributed by atoms with van der Waals surface area (Å²) in [7, 11) is 1.38. The van der Waals surface area contributed by atoms with Gasteiger partial charge < -0.3 is 0 Å². The van der Waals surface area contributed by atoms with Gasteiger partial charge in [-0.15, -0.1) is 0 Å². The van der Waals surface area contributed by atoms with E-state index in [4.69, 9.17) is 10.7 Å². The van der Waals surface area contributed by atoms with Crippen molar-refractivity contribution < 1.29 is 8.42 Å². The van der Waals surface area contributed by atoms with Crippen LogP contribution in [0, 0.1) is 0 Å². The van der Waals surface area contributed by atoms with E-state index in [1.807, 2.05) is 0 Å². The Hall–Kier alpha value is -0.0200. The first kappa shape index (κ1) is 7.98. The van der Waals surface area contributed by atoms with Crippen molar-refractivity contribution in [2.75, 3.05) is 0 Å². The highest BCUT2D eigenvalue weighted by Crippen LogP contribution is 2.11. The van der Waals surface area contributed by atoms with E-state index in [1.165, 1.54) is 0 Å². The summed E-state index contributed by atoms with van der Waals surface area (Å²) in [5, 5.41) is 0. The van der Waals surface area contributed by atoms with E-state index in [0.29, 0.717) is 6.42 Å². The minimum atomic E-state index is -3.48. The Kier molecular flexibility index (Phi) is 2.50. The molecule has 4 heteroatoms. The average molecular weight is 155 g/mol. The summed E-state index contributed by atoms with van der Waals surface area (Å²) in [6, 6.07) is 0. The first-order chi connectivity index (χ1) is 3.48. The molecular formula is C4H7ClO2S. The lowest BCUT2D eigenvalue weighted by atomic mass is 10.5. The third-order valence-corrected chi connectivity index (χ3v) is 2.37. The molecule has 0 N–H and O–H groups in total. The second-order valence-corrected chi connectivity index (χ2v) is 4.00. The molecule has 0 unspecified atom stereocenters. The Morgan fingerprint density at radius 2 is 2.12 bits per heavy atom. The monoisotopic (exact) mass is 154 g/mol. The fourth-order valence-electron chi connectivity index (χ4n) is 0.172. The number of halogens is 1. The summed E-state index contributed by atoms with van der Waals surface area (Å²) in [5.74, 6) is 0. The van der Waals surface area contributed by atoms with Crippen molar-refractivity contribution in [2.45, 2.75) is 13.3 Å². The molecule has 0 fully saturated rings. The van der Waals surface area contributed by atoms with Crippen LogP contribution in [0.2, 0.25) is 0 Å². The number of allylic oxidation sites excluding steroid dienone is 1. The number of hydrogen-bond acceptors (Lipinski definition) is 2. The summed E-state index contributed by atoms with van der Waals surface area (Å²) < 4.78 is 20.5. The quantitative estimate of drug-likeness (QED) is 0.565. The van der Waals surface area contributed by atoms with Crippen LogP contribution in [-0.4, -0.2) is 8.42 Å². The van der Waals surface area contributed by atoms with Gasteiger partial charge in [-0.25, -0.2) is 8.42 Å². The molecule has 0 saturated heterocycles. The van der Waals surface area contributed by atoms with Crippen molar-refractivity contribution in [3.63, 3.8) is 0 Å². The zero-order valence-electron chi connectivity index (χ0n) is 4.52. The highest BCUT2D eigenvalue weighted by atomic mass is 35.7. The van der Waals surface area contributed by atoms with E-state index in [2.05, 4.69) is 6.58 Å². The standard InChI is InChI=1S/C4H7ClO2S/c1-3-4(2)8(5,6)7/h2-3H2,1H3. The van der Waals surface area contributed by atoms with Crippen LogP contribution in [0.15, 0.2) is 11.5 Å². The fourth-order valence-corrected chi connectivity index (χ4v) is 0.845. The molecule has 0 aliphatic carbocycles. The lowest BCUT2D eigenvalue weighted by Gasteiger charge is -1.91. The summed E-state index contributed by atoms with van der Waals surface area (Å²) in [4.78, 5) is 0.0687. The van der Waals surface area contributed by atoms with E-state index >= 15 is 0 Å². The van der Waals surface area contributed by atoms with Crippen LogP contribution in [0.1, 0.15) is 13.3 Å². The van der Waals surface area contributed by atoms with E-state index in [9.17, 15) is 8.42 Å². The minimum absolute atomic E-state index is 0.0687. The van der Waals surface area contributed by atoms with Gasteiger partial charge in [-0.05, 0) is 6.42 Å². The predicted octanol–water partition coefficient (Wildman–Crippen LogP) is 1.48. The summed E-state index contributed by atoms with van der Waals surface area (Å²) in [6.07, 6.45) is 0.381. The molecule has 8 heavy (non-hydrogen) atoms. The second-order valence-electron chi connectivity index (χ2n) is 1.33. The van der Waals surface area contributed by atoms with Gasteiger partial charge in [0.25, 0.3) is 9.05 Å². The molecule has 0 amide bonds. The predicted molar refractivity (Wildman–Crippen MR) is 34.2 cm³/mol. The zero-order valence-corrected chi connectivity index (χ0v) is 6.09. The van der Waals surface area contributed by atoms with Crippen molar-refractivity contribution in [2.24, 2.45) is 0 Å². The largest absolute Gasteiger partial charge is 0.256 e. The molecule has 0 aromatic carbocycles. The van der Waals surface area contributed by atoms with Gasteiger partial charge in [0.15, 0.2) is 0 Å². The van der Waals surface area contributed by atoms with Crippen molar-refractivity contribution in [1.29, 1.82) is 0 Å². The van der Waals surface area contributed by atoms with Crippen LogP contribution >= 0.6 is 10.7 Å². The zero-order chi connectivity index (χ0) is 6.78. The normalized spacial score (nSPS) is 11.2. The Morgan fingerprint density at radius 1 is 1.75 bits per heavy atom. The lowest BCUT2D eigenvalue weighted by Crippen LogP contribution is -1.89. The Balaban J connectivity index is 4.29. The summed E-state index contributed by atoms with van der Waals surface area (Å²) in [5.41, 5.74) is 0. The van der Waals surface area contributed by atoms with E-state index in [0.717, 1.165) is 0 Å². The van der Waals surface area contributed by atoms with Gasteiger partial charge in [0.05, 0.1) is 4.91 Å². The third kappa shape index (κ3) is 2.33. The molecule has 0 aromatic rings. The van der Waals surface area contributed by atoms with Crippen LogP contribution in [-0.2, 0) is 9.05 Å². The molecule has 0 aliphatic rings. The molecule has 0 heterocycles. The molecule has 0 atom stereocenters. The maximum atomic E-state index is 10.2. The van der Waals surface area contributed by atoms with Gasteiger partial charge in [-0.2, -0.15) is 0 Å². The maximum absolute atomic E-state index is 10.2. The number of rotatable bonds is 2. The fraction of sp³-hybridized carbons (Fsp3) is 0.500. The Bertz CT molecular complexity index is 180. The van der Waals surface area contributed by atoms with Gasteiger partial charge in [-0.3, -0.25) is 0 Å². The topological polar surface area (TPSA) is 34.1 Å². The van der Waals surface area contributed by atoms with Gasteiger partial charge in [0.1, 0.15) is 0 Å². The van der Waals surface area contributed by atoms with Crippen molar-refractivity contribution in [1.82, 2.24) is 0 Å². The van der Waals surface area contributed by atoms with Gasteiger partial charge in [-0.1, -0.05) is 13.5 Å². The molecule has 48 valence electrons. The van der Waals surface area contributed by atoms with Crippen molar-refractivity contribution in [3.8, 4) is 0 Å². The van der Waals surface area contributed by atoms with E-state index in [1.54, 1.807) is 6.92 Å². The second kappa shape index (κ2) is 2.51. The average Bonchev–Trinajstić information content (AvgIpc) is 1.62. The first-order valence-electron chi connectivity index (χ1n) is 2.11. The van der Waals surface area contributed by atoms with E-state index < -0.39 is 9.05 Å². The summed E-state index contributed by atoms with van der Waals surface area (Å²) in [6.45, 7) is 4.91. The molecule has 0 rings (SSSR count). The van der Waals surface area contributed by atoms with Crippen LogP contribution in [0.5, 0.6) is 0 Å².